The van der Waals surface area contributed by atoms with E-state index in [4.69, 9.17) is 77.3 Å². The van der Waals surface area contributed by atoms with Crippen LogP contribution < -0.4 is 8.61 Å². The van der Waals surface area contributed by atoms with Gasteiger partial charge < -0.3 is 19.3 Å². The molecule has 2 unspecified atom stereocenters. The Labute approximate surface area is 411 Å². The van der Waals surface area contributed by atoms with Gasteiger partial charge >= 0.3 is 23.9 Å². The fourth-order valence-corrected chi connectivity index (χ4v) is 11.6. The van der Waals surface area contributed by atoms with E-state index in [2.05, 4.69) is 0 Å². The van der Waals surface area contributed by atoms with Gasteiger partial charge in [-0.15, -0.1) is 0 Å². The molecule has 0 fully saturated rings. The van der Waals surface area contributed by atoms with Crippen LogP contribution in [0.1, 0.15) is 90.9 Å². The molecular formula is C42H47Cl5F2N2O14S2. The second kappa shape index (κ2) is 26.1. The highest BCUT2D eigenvalue weighted by Crippen LogP contribution is 2.37. The number of benzene rings is 2. The van der Waals surface area contributed by atoms with Crippen molar-refractivity contribution in [3.05, 3.63) is 81.4 Å². The van der Waals surface area contributed by atoms with Gasteiger partial charge in [0.05, 0.1) is 45.8 Å². The van der Waals surface area contributed by atoms with E-state index in [0.29, 0.717) is 34.3 Å². The van der Waals surface area contributed by atoms with Crippen LogP contribution in [0.2, 0.25) is 10.0 Å². The standard InChI is InChI=1S/C22H24Cl4FNO7S.C20H23ClFNO7S/c1-2-34-21(31)15-6-3-4-7-18(15)36(32,33)28(17-11-10-14(27)12-16(17)23)19(29)8-5-9-20(30)35-13-22(24,25)26;1-2-30-20(27)14-6-3-4-7-17(14)31(28,29)23(18(24)8-5-9-19(25)26)16-11-10-13(22)12-15(16)21/h6,10-12,18H,2-5,7-9,13H2,1H3;6,10-12,17H,2-5,7-9H2,1H3,(H,25,26). The first-order chi connectivity index (χ1) is 31.4. The quantitative estimate of drug-likeness (QED) is 0.0789. The number of carbonyl (C=O) groups is 6. The summed E-state index contributed by atoms with van der Waals surface area (Å²) in [6, 6.07) is 5.75. The highest BCUT2D eigenvalue weighted by atomic mass is 35.6. The van der Waals surface area contributed by atoms with Crippen molar-refractivity contribution >= 4 is 125 Å². The van der Waals surface area contributed by atoms with Crippen molar-refractivity contribution in [1.82, 2.24) is 0 Å². The Morgan fingerprint density at radius 1 is 0.672 bits per heavy atom. The third-order valence-electron chi connectivity index (χ3n) is 9.67. The van der Waals surface area contributed by atoms with Crippen LogP contribution in [0, 0.1) is 11.6 Å². The van der Waals surface area contributed by atoms with E-state index in [-0.39, 0.29) is 84.3 Å². The molecule has 2 aromatic carbocycles. The lowest BCUT2D eigenvalue weighted by atomic mass is 9.99. The summed E-state index contributed by atoms with van der Waals surface area (Å²) in [6.07, 6.45) is 3.29. The number of alkyl halides is 3. The lowest BCUT2D eigenvalue weighted by Crippen LogP contribution is -2.45. The molecule has 0 bridgehead atoms. The minimum Gasteiger partial charge on any atom is -0.481 e. The van der Waals surface area contributed by atoms with Gasteiger partial charge in [0.2, 0.25) is 35.7 Å². The van der Waals surface area contributed by atoms with Gasteiger partial charge in [0, 0.05) is 25.7 Å². The van der Waals surface area contributed by atoms with E-state index in [1.54, 1.807) is 13.8 Å². The molecule has 0 saturated carbocycles. The zero-order valence-corrected chi connectivity index (χ0v) is 41.4. The van der Waals surface area contributed by atoms with Crippen molar-refractivity contribution in [3.63, 3.8) is 0 Å². The van der Waals surface area contributed by atoms with Gasteiger partial charge in [-0.3, -0.25) is 19.2 Å². The lowest BCUT2D eigenvalue weighted by Gasteiger charge is -2.30. The highest BCUT2D eigenvalue weighted by Gasteiger charge is 2.44. The second-order valence-electron chi connectivity index (χ2n) is 14.6. The molecule has 0 aliphatic heterocycles. The third-order valence-corrected chi connectivity index (χ3v) is 14.8. The van der Waals surface area contributed by atoms with E-state index in [9.17, 15) is 54.4 Å². The Balaban J connectivity index is 0.000000359. The number of aliphatic carboxylic acids is 1. The molecule has 2 aliphatic carbocycles. The molecule has 0 spiro atoms. The van der Waals surface area contributed by atoms with Crippen LogP contribution in [0.25, 0.3) is 0 Å². The molecule has 2 atom stereocenters. The number of sulfonamides is 2. The number of carboxylic acid groups (broad SMARTS) is 1. The topological polar surface area (TPSA) is 225 Å². The number of hydrogen-bond acceptors (Lipinski definition) is 13. The van der Waals surface area contributed by atoms with E-state index in [1.165, 1.54) is 12.2 Å². The van der Waals surface area contributed by atoms with Crippen LogP contribution in [0.4, 0.5) is 20.2 Å². The van der Waals surface area contributed by atoms with Crippen LogP contribution in [0.3, 0.4) is 0 Å². The molecule has 4 rings (SSSR count). The van der Waals surface area contributed by atoms with Crippen molar-refractivity contribution in [1.29, 1.82) is 0 Å². The maximum atomic E-state index is 13.8. The molecule has 0 heterocycles. The zero-order valence-electron chi connectivity index (χ0n) is 36.0. The van der Waals surface area contributed by atoms with Crippen molar-refractivity contribution in [2.75, 3.05) is 28.4 Å². The van der Waals surface area contributed by atoms with E-state index in [0.717, 1.165) is 36.4 Å². The van der Waals surface area contributed by atoms with Crippen LogP contribution in [-0.4, -0.2) is 91.7 Å². The van der Waals surface area contributed by atoms with Gasteiger partial charge in [0.1, 0.15) is 28.7 Å². The predicted molar refractivity (Wildman–Crippen MR) is 247 cm³/mol. The fourth-order valence-electron chi connectivity index (χ4n) is 6.76. The number of halogens is 7. The number of esters is 3. The summed E-state index contributed by atoms with van der Waals surface area (Å²) in [5, 5.41) is 5.42. The molecule has 2 aliphatic rings. The Kier molecular flexibility index (Phi) is 22.3. The second-order valence-corrected chi connectivity index (χ2v) is 21.8. The van der Waals surface area contributed by atoms with E-state index >= 15 is 0 Å². The summed E-state index contributed by atoms with van der Waals surface area (Å²) in [5.41, 5.74) is -0.711. The average molecular weight is 1080 g/mol. The van der Waals surface area contributed by atoms with Gasteiger partial charge in [-0.2, -0.15) is 0 Å². The summed E-state index contributed by atoms with van der Waals surface area (Å²) >= 11 is 28.7. The highest BCUT2D eigenvalue weighted by molar-refractivity contribution is 7.94. The smallest absolute Gasteiger partial charge is 0.335 e. The largest absolute Gasteiger partial charge is 0.481 e. The summed E-state index contributed by atoms with van der Waals surface area (Å²) < 4.78 is 95.7. The minimum atomic E-state index is -4.57. The molecule has 16 nitrogen and oxygen atoms in total. The molecule has 0 saturated heterocycles. The van der Waals surface area contributed by atoms with Gasteiger partial charge in [-0.25, -0.2) is 43.8 Å². The molecule has 370 valence electrons. The number of anilines is 2. The monoisotopic (exact) mass is 1080 g/mol. The van der Waals surface area contributed by atoms with Crippen molar-refractivity contribution < 1.29 is 73.7 Å². The van der Waals surface area contributed by atoms with Crippen molar-refractivity contribution in [2.45, 2.75) is 105 Å². The van der Waals surface area contributed by atoms with Gasteiger partial charge in [-0.1, -0.05) is 70.2 Å². The fraction of sp³-hybridized carbons (Fsp3) is 0.476. The molecule has 25 heteroatoms. The third kappa shape index (κ3) is 16.6. The van der Waals surface area contributed by atoms with Crippen molar-refractivity contribution in [3.8, 4) is 0 Å². The van der Waals surface area contributed by atoms with Gasteiger partial charge in [0.25, 0.3) is 0 Å². The number of carbonyl (C=O) groups excluding carboxylic acids is 5. The maximum Gasteiger partial charge on any atom is 0.335 e. The predicted octanol–water partition coefficient (Wildman–Crippen LogP) is 8.71. The molecular weight excluding hydrogens is 1040 g/mol. The maximum absolute atomic E-state index is 13.8. The number of ether oxygens (including phenoxy) is 3. The summed E-state index contributed by atoms with van der Waals surface area (Å²) in [6.45, 7) is 2.74. The van der Waals surface area contributed by atoms with Crippen LogP contribution >= 0.6 is 58.0 Å². The average Bonchev–Trinajstić information content (AvgIpc) is 3.24. The first-order valence-electron chi connectivity index (χ1n) is 20.6. The summed E-state index contributed by atoms with van der Waals surface area (Å²) in [4.78, 5) is 73.6. The Bertz CT molecular complexity index is 2450. The van der Waals surface area contributed by atoms with Crippen LogP contribution in [-0.2, 0) is 63.0 Å². The molecule has 2 aromatic rings. The number of carboxylic acids is 1. The van der Waals surface area contributed by atoms with E-state index < -0.39 is 101 Å². The zero-order chi connectivity index (χ0) is 50.3. The SMILES string of the molecule is CCOC(=O)C1=CCCCC1S(=O)(=O)N(C(=O)CCCC(=O)O)c1ccc(F)cc1Cl.CCOC(=O)C1=CCCCC1S(=O)(=O)N(C(=O)CCCC(=O)OCC(Cl)(Cl)Cl)c1ccc(F)cc1Cl. The van der Waals surface area contributed by atoms with E-state index in [1.807, 2.05) is 0 Å². The summed E-state index contributed by atoms with van der Waals surface area (Å²) in [5.74, 6) is -6.83. The first-order valence-corrected chi connectivity index (χ1v) is 25.5. The Morgan fingerprint density at radius 2 is 1.07 bits per heavy atom. The van der Waals surface area contributed by atoms with Gasteiger partial charge in [0.15, 0.2) is 0 Å². The van der Waals surface area contributed by atoms with Crippen LogP contribution in [0.15, 0.2) is 59.7 Å². The molecule has 67 heavy (non-hydrogen) atoms. The molecule has 0 radical (unpaired) electrons. The number of nitrogens with zero attached hydrogens (tertiary/aromatic N) is 2. The van der Waals surface area contributed by atoms with Crippen LogP contribution in [0.5, 0.6) is 0 Å². The minimum absolute atomic E-state index is 0.0315. The van der Waals surface area contributed by atoms with Crippen molar-refractivity contribution in [2.24, 2.45) is 0 Å². The molecule has 0 aromatic heterocycles. The number of allylic oxidation sites excluding steroid dienone is 2. The molecule has 2 amide bonds. The van der Waals surface area contributed by atoms with Gasteiger partial charge in [-0.05, 0) is 102 Å². The number of rotatable bonds is 19. The normalized spacial score (nSPS) is 16.3. The lowest BCUT2D eigenvalue weighted by molar-refractivity contribution is -0.144. The Morgan fingerprint density at radius 3 is 1.43 bits per heavy atom. The first kappa shape index (κ1) is 57.3. The number of amides is 2. The number of hydrogen-bond donors (Lipinski definition) is 1. The molecule has 1 N–H and O–H groups in total. The summed E-state index contributed by atoms with van der Waals surface area (Å²) in [7, 11) is -9.08. The Hall–Kier alpha value is -4.05.